The standard InChI is InChI=1S/C23H21N5O6/c24-23-26-19-18(20(29)27-23)25-13-28(19)14-32-11-17(34-22(31)16-9-5-2-6-10-16)12-33-21(30)15-7-3-1-4-8-15/h1-10,13,17H,11-12,14H2,(H3,24,26,27,29)/t17-/m0/s1. The maximum Gasteiger partial charge on any atom is 0.338 e. The van der Waals surface area contributed by atoms with E-state index in [1.165, 1.54) is 10.9 Å². The molecule has 0 aliphatic rings. The maximum atomic E-state index is 12.5. The highest BCUT2D eigenvalue weighted by Crippen LogP contribution is 2.10. The number of hydrogen-bond acceptors (Lipinski definition) is 9. The number of fused-ring (bicyclic) bond motifs is 1. The molecule has 0 aliphatic heterocycles. The topological polar surface area (TPSA) is 151 Å². The average molecular weight is 463 g/mol. The fourth-order valence-corrected chi connectivity index (χ4v) is 3.08. The van der Waals surface area contributed by atoms with Gasteiger partial charge in [-0.1, -0.05) is 36.4 Å². The minimum absolute atomic E-state index is 0.0539. The summed E-state index contributed by atoms with van der Waals surface area (Å²) in [6.45, 7) is -0.376. The van der Waals surface area contributed by atoms with E-state index in [0.717, 1.165) is 0 Å². The molecule has 0 bridgehead atoms. The predicted molar refractivity (Wildman–Crippen MR) is 121 cm³/mol. The zero-order valence-corrected chi connectivity index (χ0v) is 17.9. The number of aromatic nitrogens is 4. The highest BCUT2D eigenvalue weighted by molar-refractivity contribution is 5.90. The molecule has 4 rings (SSSR count). The second kappa shape index (κ2) is 10.4. The largest absolute Gasteiger partial charge is 0.458 e. The fourth-order valence-electron chi connectivity index (χ4n) is 3.08. The molecular formula is C23H21N5O6. The number of hydrogen-bond donors (Lipinski definition) is 2. The van der Waals surface area contributed by atoms with Crippen molar-refractivity contribution >= 4 is 29.1 Å². The first-order valence-corrected chi connectivity index (χ1v) is 10.3. The molecule has 0 radical (unpaired) electrons. The van der Waals surface area contributed by atoms with E-state index in [0.29, 0.717) is 11.1 Å². The molecule has 0 saturated heterocycles. The van der Waals surface area contributed by atoms with Gasteiger partial charge in [-0.3, -0.25) is 14.3 Å². The van der Waals surface area contributed by atoms with E-state index < -0.39 is 23.6 Å². The number of anilines is 1. The number of carbonyl (C=O) groups is 2. The Balaban J connectivity index is 1.42. The number of aromatic amines is 1. The minimum Gasteiger partial charge on any atom is -0.458 e. The summed E-state index contributed by atoms with van der Waals surface area (Å²) in [5.41, 5.74) is 6.21. The molecule has 0 unspecified atom stereocenters. The Kier molecular flexibility index (Phi) is 6.94. The van der Waals surface area contributed by atoms with E-state index in [-0.39, 0.29) is 37.1 Å². The molecule has 0 aliphatic carbocycles. The lowest BCUT2D eigenvalue weighted by molar-refractivity contribution is -0.0436. The molecule has 3 N–H and O–H groups in total. The third-order valence-electron chi connectivity index (χ3n) is 4.72. The quantitative estimate of drug-likeness (QED) is 0.354. The van der Waals surface area contributed by atoms with Gasteiger partial charge in [0.05, 0.1) is 24.1 Å². The Morgan fingerprint density at radius 1 is 0.971 bits per heavy atom. The number of nitrogens with zero attached hydrogens (tertiary/aromatic N) is 3. The van der Waals surface area contributed by atoms with Gasteiger partial charge in [0.25, 0.3) is 5.56 Å². The van der Waals surface area contributed by atoms with Crippen LogP contribution in [-0.2, 0) is 20.9 Å². The summed E-state index contributed by atoms with van der Waals surface area (Å²) in [4.78, 5) is 47.2. The molecule has 0 spiro atoms. The first-order chi connectivity index (χ1) is 16.5. The van der Waals surface area contributed by atoms with Crippen LogP contribution in [0.5, 0.6) is 0 Å². The average Bonchev–Trinajstić information content (AvgIpc) is 3.26. The molecule has 2 aromatic carbocycles. The van der Waals surface area contributed by atoms with Crippen LogP contribution >= 0.6 is 0 Å². The van der Waals surface area contributed by atoms with Crippen molar-refractivity contribution in [3.63, 3.8) is 0 Å². The van der Waals surface area contributed by atoms with Crippen molar-refractivity contribution in [3.05, 3.63) is 88.5 Å². The van der Waals surface area contributed by atoms with Gasteiger partial charge in [-0.15, -0.1) is 0 Å². The normalized spacial score (nSPS) is 11.8. The van der Waals surface area contributed by atoms with Crippen LogP contribution < -0.4 is 11.3 Å². The number of esters is 2. The molecule has 2 heterocycles. The summed E-state index contributed by atoms with van der Waals surface area (Å²) < 4.78 is 18.0. The summed E-state index contributed by atoms with van der Waals surface area (Å²) in [7, 11) is 0. The van der Waals surface area contributed by atoms with Crippen molar-refractivity contribution in [2.75, 3.05) is 18.9 Å². The van der Waals surface area contributed by atoms with Crippen LogP contribution in [0.1, 0.15) is 20.7 Å². The van der Waals surface area contributed by atoms with Crippen LogP contribution in [0.2, 0.25) is 0 Å². The summed E-state index contributed by atoms with van der Waals surface area (Å²) in [5, 5.41) is 0. The van der Waals surface area contributed by atoms with Crippen molar-refractivity contribution in [2.45, 2.75) is 12.8 Å². The van der Waals surface area contributed by atoms with E-state index in [4.69, 9.17) is 19.9 Å². The Bertz CT molecular complexity index is 1340. The Morgan fingerprint density at radius 3 is 2.29 bits per heavy atom. The van der Waals surface area contributed by atoms with Gasteiger partial charge in [-0.2, -0.15) is 4.98 Å². The summed E-state index contributed by atoms with van der Waals surface area (Å²) >= 11 is 0. The third kappa shape index (κ3) is 5.45. The van der Waals surface area contributed by atoms with Crippen LogP contribution in [0.3, 0.4) is 0 Å². The summed E-state index contributed by atoms with van der Waals surface area (Å²) in [6, 6.07) is 16.9. The zero-order valence-electron chi connectivity index (χ0n) is 17.9. The monoisotopic (exact) mass is 463 g/mol. The first-order valence-electron chi connectivity index (χ1n) is 10.3. The molecule has 34 heavy (non-hydrogen) atoms. The Morgan fingerprint density at radius 2 is 1.62 bits per heavy atom. The number of rotatable bonds is 9. The molecule has 0 saturated carbocycles. The van der Waals surface area contributed by atoms with Crippen molar-refractivity contribution in [1.29, 1.82) is 0 Å². The summed E-state index contributed by atoms with van der Waals surface area (Å²) in [5.74, 6) is -1.19. The number of nitrogen functional groups attached to an aromatic ring is 1. The van der Waals surface area contributed by atoms with Crippen LogP contribution in [0.15, 0.2) is 71.8 Å². The molecule has 0 fully saturated rings. The van der Waals surface area contributed by atoms with E-state index >= 15 is 0 Å². The SMILES string of the molecule is Nc1nc2c(ncn2COC[C@@H](COC(=O)c2ccccc2)OC(=O)c2ccccc2)c(=O)[nH]1. The van der Waals surface area contributed by atoms with Gasteiger partial charge >= 0.3 is 11.9 Å². The lowest BCUT2D eigenvalue weighted by Crippen LogP contribution is -2.30. The molecule has 2 aromatic heterocycles. The number of benzene rings is 2. The number of imidazole rings is 1. The van der Waals surface area contributed by atoms with Crippen LogP contribution in [0.25, 0.3) is 11.2 Å². The second-order valence-electron chi connectivity index (χ2n) is 7.20. The highest BCUT2D eigenvalue weighted by Gasteiger charge is 2.20. The predicted octanol–water partition coefficient (Wildman–Crippen LogP) is 1.76. The number of H-pyrrole nitrogens is 1. The molecular weight excluding hydrogens is 442 g/mol. The van der Waals surface area contributed by atoms with Gasteiger partial charge in [0.1, 0.15) is 13.3 Å². The third-order valence-corrected chi connectivity index (χ3v) is 4.72. The molecule has 11 nitrogen and oxygen atoms in total. The van der Waals surface area contributed by atoms with E-state index in [1.807, 2.05) is 0 Å². The van der Waals surface area contributed by atoms with Gasteiger partial charge in [0, 0.05) is 0 Å². The van der Waals surface area contributed by atoms with E-state index in [2.05, 4.69) is 15.0 Å². The summed E-state index contributed by atoms with van der Waals surface area (Å²) in [6.07, 6.45) is 0.490. The Hall–Kier alpha value is -4.51. The van der Waals surface area contributed by atoms with Crippen LogP contribution in [0.4, 0.5) is 5.95 Å². The Labute approximate surface area is 193 Å². The first kappa shape index (κ1) is 22.7. The number of carbonyl (C=O) groups excluding carboxylic acids is 2. The van der Waals surface area contributed by atoms with E-state index in [1.54, 1.807) is 60.7 Å². The highest BCUT2D eigenvalue weighted by atomic mass is 16.6. The maximum absolute atomic E-state index is 12.5. The van der Waals surface area contributed by atoms with Crippen molar-refractivity contribution in [1.82, 2.24) is 19.5 Å². The molecule has 4 aromatic rings. The van der Waals surface area contributed by atoms with Crippen LogP contribution in [0, 0.1) is 0 Å². The van der Waals surface area contributed by atoms with E-state index in [9.17, 15) is 14.4 Å². The molecule has 11 heteroatoms. The molecule has 1 atom stereocenters. The van der Waals surface area contributed by atoms with Gasteiger partial charge in [-0.05, 0) is 24.3 Å². The van der Waals surface area contributed by atoms with Gasteiger partial charge in [0.15, 0.2) is 17.3 Å². The lowest BCUT2D eigenvalue weighted by Gasteiger charge is -2.18. The lowest BCUT2D eigenvalue weighted by atomic mass is 10.2. The van der Waals surface area contributed by atoms with Crippen molar-refractivity contribution in [3.8, 4) is 0 Å². The van der Waals surface area contributed by atoms with Gasteiger partial charge < -0.3 is 19.9 Å². The van der Waals surface area contributed by atoms with Crippen LogP contribution in [-0.4, -0.2) is 50.8 Å². The second-order valence-corrected chi connectivity index (χ2v) is 7.20. The van der Waals surface area contributed by atoms with Crippen molar-refractivity contribution < 1.29 is 23.8 Å². The minimum atomic E-state index is -0.892. The van der Waals surface area contributed by atoms with Gasteiger partial charge in [0.2, 0.25) is 5.95 Å². The smallest absolute Gasteiger partial charge is 0.338 e. The molecule has 0 amide bonds. The fraction of sp³-hybridized carbons (Fsp3) is 0.174. The van der Waals surface area contributed by atoms with Gasteiger partial charge in [-0.25, -0.2) is 14.6 Å². The number of nitrogens with one attached hydrogen (secondary N) is 1. The van der Waals surface area contributed by atoms with Crippen molar-refractivity contribution in [2.24, 2.45) is 0 Å². The molecule has 174 valence electrons. The zero-order chi connectivity index (χ0) is 23.9. The number of ether oxygens (including phenoxy) is 3. The number of nitrogens with two attached hydrogens (primary N) is 1.